The third kappa shape index (κ3) is 1.09. The molecule has 2 aromatic rings. The molecule has 0 radical (unpaired) electrons. The summed E-state index contributed by atoms with van der Waals surface area (Å²) in [6, 6.07) is 2.00. The van der Waals surface area contributed by atoms with Crippen LogP contribution in [0.3, 0.4) is 0 Å². The Bertz CT molecular complexity index is 323. The van der Waals surface area contributed by atoms with Crippen LogP contribution in [0, 0.1) is 0 Å². The van der Waals surface area contributed by atoms with Crippen LogP contribution in [0.2, 0.25) is 0 Å². The molecule has 3 nitrogen and oxygen atoms in total. The van der Waals surface area contributed by atoms with Crippen molar-refractivity contribution in [2.75, 3.05) is 6.61 Å². The third-order valence-electron chi connectivity index (χ3n) is 1.36. The van der Waals surface area contributed by atoms with Crippen LogP contribution in [0.1, 0.15) is 6.92 Å². The Labute approximate surface area is 68.0 Å². The molecule has 4 heteroatoms. The van der Waals surface area contributed by atoms with Crippen LogP contribution in [0.4, 0.5) is 0 Å². The maximum atomic E-state index is 5.24. The molecule has 0 aliphatic heterocycles. The lowest BCUT2D eigenvalue weighted by Gasteiger charge is -1.92. The van der Waals surface area contributed by atoms with Crippen molar-refractivity contribution >= 4 is 21.7 Å². The number of hydrogen-bond donors (Lipinski definition) is 1. The van der Waals surface area contributed by atoms with E-state index < -0.39 is 0 Å². The fraction of sp³-hybridized carbons (Fsp3) is 0.286. The van der Waals surface area contributed by atoms with Crippen molar-refractivity contribution in [3.63, 3.8) is 0 Å². The van der Waals surface area contributed by atoms with Crippen LogP contribution >= 0.6 is 11.3 Å². The zero-order chi connectivity index (χ0) is 7.68. The predicted octanol–water partition coefficient (Wildman–Crippen LogP) is 2.02. The Morgan fingerprint density at radius 1 is 1.73 bits per heavy atom. The fourth-order valence-electron chi connectivity index (χ4n) is 0.909. The van der Waals surface area contributed by atoms with Gasteiger partial charge >= 0.3 is 0 Å². The Hall–Kier alpha value is -1.03. The van der Waals surface area contributed by atoms with E-state index >= 15 is 0 Å². The highest BCUT2D eigenvalue weighted by atomic mass is 32.1. The lowest BCUT2D eigenvalue weighted by Crippen LogP contribution is -1.89. The molecule has 58 valence electrons. The second-order valence-corrected chi connectivity index (χ2v) is 3.10. The molecule has 0 atom stereocenters. The summed E-state index contributed by atoms with van der Waals surface area (Å²) in [6.07, 6.45) is 1.88. The van der Waals surface area contributed by atoms with Crippen LogP contribution in [-0.4, -0.2) is 16.6 Å². The minimum atomic E-state index is 0.677. The van der Waals surface area contributed by atoms with E-state index in [-0.39, 0.29) is 0 Å². The molecule has 0 unspecified atom stereocenters. The smallest absolute Gasteiger partial charge is 0.275 e. The van der Waals surface area contributed by atoms with Gasteiger partial charge in [-0.25, -0.2) is 0 Å². The molecular formula is C7H8N2OS. The van der Waals surface area contributed by atoms with Gasteiger partial charge in [0.25, 0.3) is 5.19 Å². The monoisotopic (exact) mass is 168 g/mol. The number of aromatic amines is 1. The van der Waals surface area contributed by atoms with Gasteiger partial charge in [0.2, 0.25) is 0 Å². The quantitative estimate of drug-likeness (QED) is 0.745. The van der Waals surface area contributed by atoms with Gasteiger partial charge in [0.15, 0.2) is 5.65 Å². The van der Waals surface area contributed by atoms with E-state index in [1.165, 1.54) is 0 Å². The summed E-state index contributed by atoms with van der Waals surface area (Å²) in [5.41, 5.74) is 0.915. The molecule has 2 rings (SSSR count). The summed E-state index contributed by atoms with van der Waals surface area (Å²) >= 11 is 1.56. The Morgan fingerprint density at radius 3 is 3.36 bits per heavy atom. The zero-order valence-corrected chi connectivity index (χ0v) is 6.94. The molecule has 1 N–H and O–H groups in total. The van der Waals surface area contributed by atoms with E-state index in [4.69, 9.17) is 4.74 Å². The Balaban J connectivity index is 2.42. The molecule has 0 saturated heterocycles. The average Bonchev–Trinajstić information content (AvgIpc) is 2.46. The van der Waals surface area contributed by atoms with E-state index in [1.807, 2.05) is 19.2 Å². The highest BCUT2D eigenvalue weighted by Crippen LogP contribution is 2.26. The van der Waals surface area contributed by atoms with E-state index in [2.05, 4.69) is 9.97 Å². The SMILES string of the molecule is CCOc1nc2[nH]ccc2s1. The van der Waals surface area contributed by atoms with Crippen LogP contribution in [-0.2, 0) is 0 Å². The Morgan fingerprint density at radius 2 is 2.64 bits per heavy atom. The van der Waals surface area contributed by atoms with Crippen LogP contribution in [0.5, 0.6) is 5.19 Å². The molecule has 2 aromatic heterocycles. The van der Waals surface area contributed by atoms with Crippen molar-refractivity contribution in [2.24, 2.45) is 0 Å². The molecule has 0 aliphatic rings. The van der Waals surface area contributed by atoms with E-state index in [0.717, 1.165) is 15.5 Å². The summed E-state index contributed by atoms with van der Waals surface area (Å²) in [4.78, 5) is 7.22. The maximum absolute atomic E-state index is 5.24. The molecule has 0 amide bonds. The van der Waals surface area contributed by atoms with Gasteiger partial charge in [-0.2, -0.15) is 4.98 Å². The van der Waals surface area contributed by atoms with Gasteiger partial charge in [0.05, 0.1) is 11.3 Å². The van der Waals surface area contributed by atoms with Crippen molar-refractivity contribution in [3.8, 4) is 5.19 Å². The fourth-order valence-corrected chi connectivity index (χ4v) is 1.75. The van der Waals surface area contributed by atoms with Gasteiger partial charge in [0.1, 0.15) is 0 Å². The number of nitrogens with zero attached hydrogens (tertiary/aromatic N) is 1. The number of rotatable bonds is 2. The molecule has 0 aliphatic carbocycles. The molecular weight excluding hydrogens is 160 g/mol. The van der Waals surface area contributed by atoms with Crippen molar-refractivity contribution in [2.45, 2.75) is 6.92 Å². The molecule has 2 heterocycles. The van der Waals surface area contributed by atoms with Gasteiger partial charge in [-0.1, -0.05) is 11.3 Å². The van der Waals surface area contributed by atoms with Gasteiger partial charge < -0.3 is 9.72 Å². The van der Waals surface area contributed by atoms with Crippen molar-refractivity contribution in [1.29, 1.82) is 0 Å². The van der Waals surface area contributed by atoms with Gasteiger partial charge in [-0.15, -0.1) is 0 Å². The second kappa shape index (κ2) is 2.54. The van der Waals surface area contributed by atoms with Crippen LogP contribution < -0.4 is 4.74 Å². The molecule has 0 saturated carbocycles. The van der Waals surface area contributed by atoms with Crippen LogP contribution in [0.25, 0.3) is 10.3 Å². The first-order valence-electron chi connectivity index (χ1n) is 3.47. The van der Waals surface area contributed by atoms with Crippen molar-refractivity contribution in [1.82, 2.24) is 9.97 Å². The highest BCUT2D eigenvalue weighted by Gasteiger charge is 2.02. The lowest BCUT2D eigenvalue weighted by molar-refractivity contribution is 0.339. The number of thiazole rings is 1. The minimum absolute atomic E-state index is 0.677. The van der Waals surface area contributed by atoms with Gasteiger partial charge in [-0.3, -0.25) is 0 Å². The first kappa shape index (κ1) is 6.67. The summed E-state index contributed by atoms with van der Waals surface area (Å²) in [7, 11) is 0. The van der Waals surface area contributed by atoms with Crippen molar-refractivity contribution < 1.29 is 4.74 Å². The average molecular weight is 168 g/mol. The third-order valence-corrected chi connectivity index (χ3v) is 2.29. The molecule has 0 bridgehead atoms. The first-order valence-corrected chi connectivity index (χ1v) is 4.28. The van der Waals surface area contributed by atoms with Gasteiger partial charge in [0, 0.05) is 6.20 Å². The van der Waals surface area contributed by atoms with Gasteiger partial charge in [-0.05, 0) is 13.0 Å². The summed E-state index contributed by atoms with van der Waals surface area (Å²) in [5, 5.41) is 0.745. The topological polar surface area (TPSA) is 37.9 Å². The molecule has 0 fully saturated rings. The predicted molar refractivity (Wildman–Crippen MR) is 45.1 cm³/mol. The molecule has 0 aromatic carbocycles. The maximum Gasteiger partial charge on any atom is 0.275 e. The number of hydrogen-bond acceptors (Lipinski definition) is 3. The number of fused-ring (bicyclic) bond motifs is 1. The largest absolute Gasteiger partial charge is 0.470 e. The molecule has 0 spiro atoms. The summed E-state index contributed by atoms with van der Waals surface area (Å²) in [6.45, 7) is 2.63. The summed E-state index contributed by atoms with van der Waals surface area (Å²) in [5.74, 6) is 0. The minimum Gasteiger partial charge on any atom is -0.470 e. The number of ether oxygens (including phenoxy) is 1. The van der Waals surface area contributed by atoms with E-state index in [0.29, 0.717) is 6.61 Å². The zero-order valence-electron chi connectivity index (χ0n) is 6.13. The van der Waals surface area contributed by atoms with E-state index in [9.17, 15) is 0 Å². The second-order valence-electron chi connectivity index (χ2n) is 2.10. The standard InChI is InChI=1S/C7H8N2OS/c1-2-10-7-9-6-5(11-7)3-4-8-6/h3-4,8H,2H2,1H3. The molecule has 11 heavy (non-hydrogen) atoms. The normalized spacial score (nSPS) is 10.6. The lowest BCUT2D eigenvalue weighted by atomic mass is 10.6. The van der Waals surface area contributed by atoms with Crippen LogP contribution in [0.15, 0.2) is 12.3 Å². The highest BCUT2D eigenvalue weighted by molar-refractivity contribution is 7.20. The number of aromatic nitrogens is 2. The van der Waals surface area contributed by atoms with E-state index in [1.54, 1.807) is 11.3 Å². The number of H-pyrrole nitrogens is 1. The Kier molecular flexibility index (Phi) is 1.54. The number of nitrogens with one attached hydrogen (secondary N) is 1. The first-order chi connectivity index (χ1) is 5.40. The van der Waals surface area contributed by atoms with Crippen molar-refractivity contribution in [3.05, 3.63) is 12.3 Å². The summed E-state index contributed by atoms with van der Waals surface area (Å²) < 4.78 is 6.38.